The van der Waals surface area contributed by atoms with E-state index in [4.69, 9.17) is 0 Å². The van der Waals surface area contributed by atoms with Gasteiger partial charge in [-0.15, -0.1) is 0 Å². The van der Waals surface area contributed by atoms with Crippen molar-refractivity contribution in [3.8, 4) is 5.69 Å². The molecule has 1 atom stereocenters. The molecule has 1 aliphatic heterocycles. The molecular weight excluding hydrogens is 252 g/mol. The third-order valence-electron chi connectivity index (χ3n) is 3.96. The van der Waals surface area contributed by atoms with Crippen molar-refractivity contribution in [2.45, 2.75) is 19.9 Å². The van der Waals surface area contributed by atoms with Crippen molar-refractivity contribution in [3.05, 3.63) is 42.0 Å². The van der Waals surface area contributed by atoms with Gasteiger partial charge in [0.25, 0.3) is 0 Å². The first-order valence-corrected chi connectivity index (χ1v) is 7.04. The van der Waals surface area contributed by atoms with E-state index in [9.17, 15) is 5.11 Å². The molecule has 0 radical (unpaired) electrons. The van der Waals surface area contributed by atoms with E-state index >= 15 is 0 Å². The smallest absolute Gasteiger partial charge is 0.138 e. The average Bonchev–Trinajstić information content (AvgIpc) is 3.10. The van der Waals surface area contributed by atoms with Crippen LogP contribution in [-0.4, -0.2) is 44.5 Å². The van der Waals surface area contributed by atoms with Gasteiger partial charge in [0.05, 0.1) is 5.69 Å². The maximum atomic E-state index is 9.19. The molecule has 1 saturated heterocycles. The molecule has 20 heavy (non-hydrogen) atoms. The first-order valence-electron chi connectivity index (χ1n) is 7.04. The van der Waals surface area contributed by atoms with Gasteiger partial charge in [0.2, 0.25) is 0 Å². The molecule has 0 aliphatic carbocycles. The Kier molecular flexibility index (Phi) is 3.80. The molecule has 106 valence electrons. The molecule has 0 saturated carbocycles. The van der Waals surface area contributed by atoms with E-state index in [1.54, 1.807) is 17.3 Å². The standard InChI is InChI=1S/C15H20N4O/c1-12-6-13(7-18-5-4-14(8-18)9-20)2-3-15(12)19-11-16-10-17-19/h2-3,6,10-11,14,20H,4-5,7-9H2,1H3. The van der Waals surface area contributed by atoms with Crippen molar-refractivity contribution in [2.75, 3.05) is 19.7 Å². The summed E-state index contributed by atoms with van der Waals surface area (Å²) >= 11 is 0. The lowest BCUT2D eigenvalue weighted by Crippen LogP contribution is -2.21. The summed E-state index contributed by atoms with van der Waals surface area (Å²) in [6, 6.07) is 6.46. The number of aliphatic hydroxyl groups excluding tert-OH is 1. The van der Waals surface area contributed by atoms with Crippen LogP contribution >= 0.6 is 0 Å². The highest BCUT2D eigenvalue weighted by Crippen LogP contribution is 2.20. The Balaban J connectivity index is 1.71. The van der Waals surface area contributed by atoms with Crippen LogP contribution in [0.2, 0.25) is 0 Å². The minimum Gasteiger partial charge on any atom is -0.396 e. The van der Waals surface area contributed by atoms with E-state index in [2.05, 4.69) is 40.1 Å². The highest BCUT2D eigenvalue weighted by atomic mass is 16.3. The van der Waals surface area contributed by atoms with Crippen molar-refractivity contribution in [2.24, 2.45) is 5.92 Å². The number of rotatable bonds is 4. The molecule has 2 heterocycles. The molecule has 0 amide bonds. The minimum atomic E-state index is 0.306. The van der Waals surface area contributed by atoms with Gasteiger partial charge in [-0.25, -0.2) is 9.67 Å². The Hall–Kier alpha value is -1.72. The first-order chi connectivity index (χ1) is 9.76. The topological polar surface area (TPSA) is 54.2 Å². The van der Waals surface area contributed by atoms with Crippen molar-refractivity contribution >= 4 is 0 Å². The summed E-state index contributed by atoms with van der Waals surface area (Å²) in [5.74, 6) is 0.450. The zero-order valence-electron chi connectivity index (χ0n) is 11.7. The van der Waals surface area contributed by atoms with Crippen molar-refractivity contribution in [1.29, 1.82) is 0 Å². The highest BCUT2D eigenvalue weighted by Gasteiger charge is 2.21. The van der Waals surface area contributed by atoms with E-state index in [0.717, 1.165) is 31.7 Å². The van der Waals surface area contributed by atoms with Gasteiger partial charge in [0, 0.05) is 19.7 Å². The molecule has 1 unspecified atom stereocenters. The fourth-order valence-electron chi connectivity index (χ4n) is 2.87. The normalized spacial score (nSPS) is 19.6. The zero-order valence-corrected chi connectivity index (χ0v) is 11.7. The Morgan fingerprint density at radius 1 is 1.40 bits per heavy atom. The maximum Gasteiger partial charge on any atom is 0.138 e. The van der Waals surface area contributed by atoms with Crippen molar-refractivity contribution < 1.29 is 5.11 Å². The summed E-state index contributed by atoms with van der Waals surface area (Å²) < 4.78 is 1.79. The monoisotopic (exact) mass is 272 g/mol. The van der Waals surface area contributed by atoms with E-state index < -0.39 is 0 Å². The Bertz CT molecular complexity index is 567. The number of likely N-dealkylation sites (tertiary alicyclic amines) is 1. The average molecular weight is 272 g/mol. The third-order valence-corrected chi connectivity index (χ3v) is 3.96. The fraction of sp³-hybridized carbons (Fsp3) is 0.467. The van der Waals surface area contributed by atoms with Gasteiger partial charge < -0.3 is 5.11 Å². The van der Waals surface area contributed by atoms with Gasteiger partial charge in [0.15, 0.2) is 0 Å². The molecule has 3 rings (SSSR count). The Labute approximate surface area is 118 Å². The second-order valence-electron chi connectivity index (χ2n) is 5.53. The Morgan fingerprint density at radius 3 is 2.95 bits per heavy atom. The van der Waals surface area contributed by atoms with Gasteiger partial charge in [-0.05, 0) is 43.0 Å². The molecule has 1 aliphatic rings. The second-order valence-corrected chi connectivity index (χ2v) is 5.53. The van der Waals surface area contributed by atoms with Gasteiger partial charge in [-0.2, -0.15) is 5.10 Å². The third kappa shape index (κ3) is 2.73. The highest BCUT2D eigenvalue weighted by molar-refractivity contribution is 5.41. The number of aromatic nitrogens is 3. The molecule has 1 aromatic carbocycles. The SMILES string of the molecule is Cc1cc(CN2CCC(CO)C2)ccc1-n1cncn1. The van der Waals surface area contributed by atoms with Crippen LogP contribution in [0.3, 0.4) is 0 Å². The quantitative estimate of drug-likeness (QED) is 0.914. The van der Waals surface area contributed by atoms with Crippen LogP contribution in [0.1, 0.15) is 17.5 Å². The number of aliphatic hydroxyl groups is 1. The van der Waals surface area contributed by atoms with Crippen molar-refractivity contribution in [1.82, 2.24) is 19.7 Å². The molecule has 0 spiro atoms. The van der Waals surface area contributed by atoms with Crippen LogP contribution in [0, 0.1) is 12.8 Å². The van der Waals surface area contributed by atoms with E-state index in [1.165, 1.54) is 11.1 Å². The van der Waals surface area contributed by atoms with Crippen molar-refractivity contribution in [3.63, 3.8) is 0 Å². The van der Waals surface area contributed by atoms with E-state index in [0.29, 0.717) is 12.5 Å². The van der Waals surface area contributed by atoms with Crippen LogP contribution in [0.15, 0.2) is 30.9 Å². The molecule has 5 nitrogen and oxygen atoms in total. The number of nitrogens with zero attached hydrogens (tertiary/aromatic N) is 4. The summed E-state index contributed by atoms with van der Waals surface area (Å²) in [7, 11) is 0. The molecule has 1 N–H and O–H groups in total. The van der Waals surface area contributed by atoms with Gasteiger partial charge in [-0.3, -0.25) is 4.90 Å². The number of benzene rings is 1. The fourth-order valence-corrected chi connectivity index (χ4v) is 2.87. The summed E-state index contributed by atoms with van der Waals surface area (Å²) in [5.41, 5.74) is 3.58. The molecule has 0 bridgehead atoms. The largest absolute Gasteiger partial charge is 0.396 e. The molecule has 1 aromatic heterocycles. The number of hydrogen-bond donors (Lipinski definition) is 1. The number of hydrogen-bond acceptors (Lipinski definition) is 4. The zero-order chi connectivity index (χ0) is 13.9. The molecule has 5 heteroatoms. The van der Waals surface area contributed by atoms with Gasteiger partial charge in [0.1, 0.15) is 12.7 Å². The predicted molar refractivity (Wildman–Crippen MR) is 76.6 cm³/mol. The lowest BCUT2D eigenvalue weighted by Gasteiger charge is -2.16. The van der Waals surface area contributed by atoms with Crippen LogP contribution in [0.25, 0.3) is 5.69 Å². The van der Waals surface area contributed by atoms with Crippen LogP contribution < -0.4 is 0 Å². The summed E-state index contributed by atoms with van der Waals surface area (Å²) in [4.78, 5) is 6.39. The lowest BCUT2D eigenvalue weighted by atomic mass is 10.1. The van der Waals surface area contributed by atoms with Gasteiger partial charge in [-0.1, -0.05) is 12.1 Å². The second kappa shape index (κ2) is 5.73. The van der Waals surface area contributed by atoms with Gasteiger partial charge >= 0.3 is 0 Å². The van der Waals surface area contributed by atoms with E-state index in [1.807, 2.05) is 0 Å². The molecule has 2 aromatic rings. The van der Waals surface area contributed by atoms with Crippen LogP contribution in [0.4, 0.5) is 0 Å². The number of aryl methyl sites for hydroxylation is 1. The summed E-state index contributed by atoms with van der Waals surface area (Å²) in [5, 5.41) is 13.4. The Morgan fingerprint density at radius 2 is 2.30 bits per heavy atom. The van der Waals surface area contributed by atoms with E-state index in [-0.39, 0.29) is 0 Å². The summed E-state index contributed by atoms with van der Waals surface area (Å²) in [6.07, 6.45) is 4.37. The lowest BCUT2D eigenvalue weighted by molar-refractivity contribution is 0.220. The van der Waals surface area contributed by atoms with Crippen LogP contribution in [0.5, 0.6) is 0 Å². The molecule has 1 fully saturated rings. The summed E-state index contributed by atoms with van der Waals surface area (Å²) in [6.45, 7) is 5.44. The van der Waals surface area contributed by atoms with Crippen LogP contribution in [-0.2, 0) is 6.54 Å². The maximum absolute atomic E-state index is 9.19. The first kappa shape index (κ1) is 13.3. The molecular formula is C15H20N4O. The minimum absolute atomic E-state index is 0.306. The predicted octanol–water partition coefficient (Wildman–Crippen LogP) is 1.39.